The van der Waals surface area contributed by atoms with Crippen LogP contribution in [0.5, 0.6) is 5.75 Å². The van der Waals surface area contributed by atoms with Gasteiger partial charge in [0.1, 0.15) is 5.75 Å². The molecule has 0 unspecified atom stereocenters. The van der Waals surface area contributed by atoms with Gasteiger partial charge in [-0.1, -0.05) is 20.8 Å². The SMILES string of the molecule is CC(C)[C@@]1(O)CN(C(=O)c2ccc3c(c2)CCCO3)C[C@@H]1C. The lowest BCUT2D eigenvalue weighted by Crippen LogP contribution is -2.43. The van der Waals surface area contributed by atoms with Gasteiger partial charge in [0.2, 0.25) is 0 Å². The van der Waals surface area contributed by atoms with Gasteiger partial charge in [-0.15, -0.1) is 0 Å². The Kier molecular flexibility index (Phi) is 3.89. The summed E-state index contributed by atoms with van der Waals surface area (Å²) in [6.45, 7) is 7.83. The molecule has 1 fully saturated rings. The minimum Gasteiger partial charge on any atom is -0.493 e. The van der Waals surface area contributed by atoms with Gasteiger partial charge < -0.3 is 14.7 Å². The third-order valence-corrected chi connectivity index (χ3v) is 5.23. The zero-order valence-corrected chi connectivity index (χ0v) is 13.6. The number of aliphatic hydroxyl groups is 1. The number of amides is 1. The summed E-state index contributed by atoms with van der Waals surface area (Å²) < 4.78 is 5.60. The van der Waals surface area contributed by atoms with E-state index in [4.69, 9.17) is 4.74 Å². The van der Waals surface area contributed by atoms with Gasteiger partial charge in [0.15, 0.2) is 0 Å². The molecule has 0 bridgehead atoms. The van der Waals surface area contributed by atoms with Gasteiger partial charge >= 0.3 is 0 Å². The molecule has 2 heterocycles. The number of benzene rings is 1. The number of fused-ring (bicyclic) bond motifs is 1. The second kappa shape index (κ2) is 5.58. The molecule has 1 aromatic rings. The first-order valence-corrected chi connectivity index (χ1v) is 8.19. The van der Waals surface area contributed by atoms with Crippen molar-refractivity contribution in [3.63, 3.8) is 0 Å². The molecule has 0 saturated carbocycles. The van der Waals surface area contributed by atoms with E-state index in [0.29, 0.717) is 18.7 Å². The number of aryl methyl sites for hydroxylation is 1. The first-order chi connectivity index (χ1) is 10.4. The van der Waals surface area contributed by atoms with Crippen molar-refractivity contribution in [3.05, 3.63) is 29.3 Å². The Bertz CT molecular complexity index is 584. The first kappa shape index (κ1) is 15.3. The fourth-order valence-electron chi connectivity index (χ4n) is 3.60. The maximum absolute atomic E-state index is 12.8. The number of β-amino-alcohol motifs (C(OH)–C–C–N with tert-alkyl or cyclic N) is 1. The topological polar surface area (TPSA) is 49.8 Å². The largest absolute Gasteiger partial charge is 0.493 e. The van der Waals surface area contributed by atoms with Crippen molar-refractivity contribution in [2.45, 2.75) is 39.2 Å². The standard InChI is InChI=1S/C18H25NO3/c1-12(2)18(21)11-19(10-13(18)3)17(20)15-6-7-16-14(9-15)5-4-8-22-16/h6-7,9,12-13,21H,4-5,8,10-11H2,1-3H3/t13-,18-/m0/s1. The zero-order chi connectivity index (χ0) is 15.9. The van der Waals surface area contributed by atoms with Gasteiger partial charge in [-0.25, -0.2) is 0 Å². The first-order valence-electron chi connectivity index (χ1n) is 8.19. The van der Waals surface area contributed by atoms with Gasteiger partial charge in [-0.05, 0) is 42.5 Å². The molecule has 0 spiro atoms. The van der Waals surface area contributed by atoms with Crippen molar-refractivity contribution in [2.75, 3.05) is 19.7 Å². The predicted molar refractivity (Wildman–Crippen MR) is 85.1 cm³/mol. The Morgan fingerprint density at radius 1 is 1.45 bits per heavy atom. The number of nitrogens with zero attached hydrogens (tertiary/aromatic N) is 1. The van der Waals surface area contributed by atoms with Crippen molar-refractivity contribution < 1.29 is 14.6 Å². The van der Waals surface area contributed by atoms with E-state index in [9.17, 15) is 9.90 Å². The highest BCUT2D eigenvalue weighted by molar-refractivity contribution is 5.95. The second-order valence-corrected chi connectivity index (χ2v) is 7.01. The molecule has 0 aromatic heterocycles. The third-order valence-electron chi connectivity index (χ3n) is 5.23. The lowest BCUT2D eigenvalue weighted by Gasteiger charge is -2.31. The number of rotatable bonds is 2. The fraction of sp³-hybridized carbons (Fsp3) is 0.611. The minimum atomic E-state index is -0.785. The summed E-state index contributed by atoms with van der Waals surface area (Å²) in [5.41, 5.74) is 1.03. The highest BCUT2D eigenvalue weighted by atomic mass is 16.5. The van der Waals surface area contributed by atoms with Gasteiger partial charge in [0.25, 0.3) is 5.91 Å². The lowest BCUT2D eigenvalue weighted by atomic mass is 9.82. The Hall–Kier alpha value is -1.55. The summed E-state index contributed by atoms with van der Waals surface area (Å²) in [6, 6.07) is 5.69. The molecule has 3 rings (SSSR count). The minimum absolute atomic E-state index is 0.0109. The Morgan fingerprint density at radius 2 is 2.23 bits per heavy atom. The van der Waals surface area contributed by atoms with E-state index in [1.54, 1.807) is 4.90 Å². The van der Waals surface area contributed by atoms with E-state index in [2.05, 4.69) is 0 Å². The van der Waals surface area contributed by atoms with E-state index in [-0.39, 0.29) is 17.7 Å². The van der Waals surface area contributed by atoms with Crippen LogP contribution in [0, 0.1) is 11.8 Å². The average Bonchev–Trinajstić information content (AvgIpc) is 2.83. The van der Waals surface area contributed by atoms with Gasteiger partial charge in [0.05, 0.1) is 18.8 Å². The number of carbonyl (C=O) groups is 1. The number of carbonyl (C=O) groups excluding carboxylic acids is 1. The van der Waals surface area contributed by atoms with E-state index < -0.39 is 5.60 Å². The van der Waals surface area contributed by atoms with Crippen LogP contribution in [0.15, 0.2) is 18.2 Å². The molecule has 1 amide bonds. The van der Waals surface area contributed by atoms with Crippen LogP contribution >= 0.6 is 0 Å². The third kappa shape index (κ3) is 2.50. The average molecular weight is 303 g/mol. The molecule has 1 N–H and O–H groups in total. The molecule has 0 radical (unpaired) electrons. The van der Waals surface area contributed by atoms with Crippen molar-refractivity contribution in [1.82, 2.24) is 4.90 Å². The van der Waals surface area contributed by atoms with E-state index in [1.807, 2.05) is 39.0 Å². The normalized spacial score (nSPS) is 27.7. The number of likely N-dealkylation sites (tertiary alicyclic amines) is 1. The van der Waals surface area contributed by atoms with Crippen LogP contribution in [-0.4, -0.2) is 41.2 Å². The smallest absolute Gasteiger partial charge is 0.253 e. The number of ether oxygens (including phenoxy) is 1. The molecule has 2 aliphatic heterocycles. The molecular formula is C18H25NO3. The quantitative estimate of drug-likeness (QED) is 0.913. The maximum atomic E-state index is 12.8. The van der Waals surface area contributed by atoms with Crippen molar-refractivity contribution in [1.29, 1.82) is 0 Å². The summed E-state index contributed by atoms with van der Waals surface area (Å²) in [6.07, 6.45) is 1.96. The summed E-state index contributed by atoms with van der Waals surface area (Å²) in [5.74, 6) is 1.14. The predicted octanol–water partition coefficient (Wildman–Crippen LogP) is 2.49. The van der Waals surface area contributed by atoms with Crippen molar-refractivity contribution in [3.8, 4) is 5.75 Å². The summed E-state index contributed by atoms with van der Waals surface area (Å²) >= 11 is 0. The van der Waals surface area contributed by atoms with Gasteiger partial charge in [0, 0.05) is 18.0 Å². The highest BCUT2D eigenvalue weighted by Crippen LogP contribution is 2.35. The molecule has 2 atom stereocenters. The summed E-state index contributed by atoms with van der Waals surface area (Å²) in [5, 5.41) is 10.8. The summed E-state index contributed by atoms with van der Waals surface area (Å²) in [7, 11) is 0. The molecule has 0 aliphatic carbocycles. The molecule has 2 aliphatic rings. The second-order valence-electron chi connectivity index (χ2n) is 7.01. The number of hydrogen-bond donors (Lipinski definition) is 1. The molecular weight excluding hydrogens is 278 g/mol. The van der Waals surface area contributed by atoms with Crippen LogP contribution in [0.3, 0.4) is 0 Å². The van der Waals surface area contributed by atoms with Gasteiger partial charge in [-0.3, -0.25) is 4.79 Å². The van der Waals surface area contributed by atoms with Crippen LogP contribution < -0.4 is 4.74 Å². The zero-order valence-electron chi connectivity index (χ0n) is 13.6. The monoisotopic (exact) mass is 303 g/mol. The fourth-order valence-corrected chi connectivity index (χ4v) is 3.60. The highest BCUT2D eigenvalue weighted by Gasteiger charge is 2.46. The Labute approximate surface area is 132 Å². The van der Waals surface area contributed by atoms with Crippen molar-refractivity contribution in [2.24, 2.45) is 11.8 Å². The van der Waals surface area contributed by atoms with Crippen LogP contribution in [0.1, 0.15) is 43.1 Å². The van der Waals surface area contributed by atoms with Gasteiger partial charge in [-0.2, -0.15) is 0 Å². The Balaban J connectivity index is 1.80. The van der Waals surface area contributed by atoms with Crippen LogP contribution in [0.2, 0.25) is 0 Å². The Morgan fingerprint density at radius 3 is 2.91 bits per heavy atom. The van der Waals surface area contributed by atoms with Crippen LogP contribution in [-0.2, 0) is 6.42 Å². The molecule has 1 aromatic carbocycles. The van der Waals surface area contributed by atoms with E-state index in [0.717, 1.165) is 30.8 Å². The maximum Gasteiger partial charge on any atom is 0.253 e. The summed E-state index contributed by atoms with van der Waals surface area (Å²) in [4.78, 5) is 14.6. The van der Waals surface area contributed by atoms with E-state index >= 15 is 0 Å². The lowest BCUT2D eigenvalue weighted by molar-refractivity contribution is -0.0243. The molecule has 120 valence electrons. The molecule has 4 heteroatoms. The molecule has 1 saturated heterocycles. The van der Waals surface area contributed by atoms with Crippen LogP contribution in [0.4, 0.5) is 0 Å². The molecule has 4 nitrogen and oxygen atoms in total. The van der Waals surface area contributed by atoms with E-state index in [1.165, 1.54) is 0 Å². The van der Waals surface area contributed by atoms with Crippen molar-refractivity contribution >= 4 is 5.91 Å². The number of hydrogen-bond acceptors (Lipinski definition) is 3. The van der Waals surface area contributed by atoms with Crippen LogP contribution in [0.25, 0.3) is 0 Å². The molecule has 22 heavy (non-hydrogen) atoms.